The molecule has 0 radical (unpaired) electrons. The fraction of sp³-hybridized carbons (Fsp3) is 1.00. The summed E-state index contributed by atoms with van der Waals surface area (Å²) in [7, 11) is 0. The van der Waals surface area contributed by atoms with Crippen molar-refractivity contribution in [2.24, 2.45) is 45.3 Å². The minimum Gasteiger partial charge on any atom is -0.394 e. The van der Waals surface area contributed by atoms with Gasteiger partial charge in [-0.3, -0.25) is 0 Å². The van der Waals surface area contributed by atoms with Crippen LogP contribution in [0.3, 0.4) is 0 Å². The lowest BCUT2D eigenvalue weighted by atomic mass is 9.34. The summed E-state index contributed by atoms with van der Waals surface area (Å²) >= 11 is 0. The second-order valence-electron chi connectivity index (χ2n) is 23.6. The van der Waals surface area contributed by atoms with Crippen LogP contribution < -0.4 is 0 Å². The number of hydrogen-bond acceptors (Lipinski definition) is 19. The molecule has 4 saturated heterocycles. The van der Waals surface area contributed by atoms with Crippen LogP contribution in [0.15, 0.2) is 0 Å². The van der Waals surface area contributed by atoms with E-state index in [-0.39, 0.29) is 29.8 Å². The quantitative estimate of drug-likeness (QED) is 0.114. The van der Waals surface area contributed by atoms with Crippen LogP contribution in [0.4, 0.5) is 0 Å². The van der Waals surface area contributed by atoms with Crippen molar-refractivity contribution >= 4 is 0 Å². The molecule has 19 heteroatoms. The first-order valence-corrected chi connectivity index (χ1v) is 24.3. The van der Waals surface area contributed by atoms with Gasteiger partial charge in [0.2, 0.25) is 0 Å². The lowest BCUT2D eigenvalue weighted by molar-refractivity contribution is -0.383. The Morgan fingerprint density at radius 3 is 1.85 bits per heavy atom. The van der Waals surface area contributed by atoms with Crippen LogP contribution in [0.2, 0.25) is 0 Å². The summed E-state index contributed by atoms with van der Waals surface area (Å²) in [4.78, 5) is 0. The highest BCUT2D eigenvalue weighted by atomic mass is 16.8. The van der Waals surface area contributed by atoms with Gasteiger partial charge in [-0.1, -0.05) is 34.6 Å². The molecule has 8 aliphatic rings. The molecule has 8 fully saturated rings. The second-order valence-corrected chi connectivity index (χ2v) is 23.6. The Labute approximate surface area is 387 Å². The van der Waals surface area contributed by atoms with Crippen LogP contribution in [0.1, 0.15) is 107 Å². The van der Waals surface area contributed by atoms with E-state index in [0.717, 1.165) is 19.3 Å². The van der Waals surface area contributed by atoms with Gasteiger partial charge in [-0.25, -0.2) is 0 Å². The Hall–Kier alpha value is -0.760. The van der Waals surface area contributed by atoms with Gasteiger partial charge in [-0.2, -0.15) is 0 Å². The zero-order valence-electron chi connectivity index (χ0n) is 39.7. The van der Waals surface area contributed by atoms with Gasteiger partial charge >= 0.3 is 0 Å². The molecule has 8 rings (SSSR count). The summed E-state index contributed by atoms with van der Waals surface area (Å²) in [5, 5.41) is 132. The van der Waals surface area contributed by atoms with Gasteiger partial charge in [-0.05, 0) is 117 Å². The number of fused-ring (bicyclic) bond motifs is 5. The summed E-state index contributed by atoms with van der Waals surface area (Å²) < 4.78 is 43.3. The number of ether oxygens (including phenoxy) is 7. The molecule has 0 amide bonds. The topological polar surface area (TPSA) is 307 Å². The maximum Gasteiger partial charge on any atom is 0.187 e. The Morgan fingerprint density at radius 2 is 1.23 bits per heavy atom. The highest BCUT2D eigenvalue weighted by molar-refractivity contribution is 5.22. The van der Waals surface area contributed by atoms with Crippen molar-refractivity contribution in [2.45, 2.75) is 228 Å². The molecule has 0 aromatic rings. The predicted octanol–water partition coefficient (Wildman–Crippen LogP) is -1.21. The molecular formula is C47H80O19. The van der Waals surface area contributed by atoms with Crippen LogP contribution in [-0.2, 0) is 33.2 Å². The highest BCUT2D eigenvalue weighted by Crippen LogP contribution is 2.76. The normalized spacial score (nSPS) is 56.4. The molecule has 4 aliphatic heterocycles. The van der Waals surface area contributed by atoms with Crippen molar-refractivity contribution in [1.29, 1.82) is 0 Å². The van der Waals surface area contributed by atoms with Gasteiger partial charge in [0.25, 0.3) is 0 Å². The van der Waals surface area contributed by atoms with Gasteiger partial charge in [0.15, 0.2) is 18.9 Å². The summed E-state index contributed by atoms with van der Waals surface area (Å²) in [6.07, 6.45) is -19.7. The molecule has 382 valence electrons. The molecule has 12 N–H and O–H groups in total. The molecule has 4 heterocycles. The smallest absolute Gasteiger partial charge is 0.187 e. The number of aliphatic hydroxyl groups excluding tert-OH is 11. The maximum atomic E-state index is 12.5. The second kappa shape index (κ2) is 18.1. The van der Waals surface area contributed by atoms with Crippen molar-refractivity contribution in [3.05, 3.63) is 0 Å². The Balaban J connectivity index is 1.08. The van der Waals surface area contributed by atoms with E-state index in [1.54, 1.807) is 13.8 Å². The maximum absolute atomic E-state index is 12.5. The van der Waals surface area contributed by atoms with Gasteiger partial charge in [0, 0.05) is 0 Å². The fourth-order valence-corrected chi connectivity index (χ4v) is 15.3. The Morgan fingerprint density at radius 1 is 0.621 bits per heavy atom. The average Bonchev–Trinajstić information content (AvgIpc) is 3.85. The van der Waals surface area contributed by atoms with Crippen molar-refractivity contribution in [3.8, 4) is 0 Å². The van der Waals surface area contributed by atoms with Crippen molar-refractivity contribution in [1.82, 2.24) is 0 Å². The van der Waals surface area contributed by atoms with E-state index < -0.39 is 157 Å². The molecule has 4 saturated carbocycles. The van der Waals surface area contributed by atoms with Gasteiger partial charge in [0.05, 0.1) is 55.4 Å². The zero-order chi connectivity index (χ0) is 48.4. The first-order chi connectivity index (χ1) is 30.7. The average molecular weight is 949 g/mol. The van der Waals surface area contributed by atoms with Crippen LogP contribution >= 0.6 is 0 Å². The van der Waals surface area contributed by atoms with Crippen molar-refractivity contribution in [2.75, 3.05) is 19.8 Å². The molecule has 0 spiro atoms. The third-order valence-electron chi connectivity index (χ3n) is 19.1. The van der Waals surface area contributed by atoms with Crippen LogP contribution in [-0.4, -0.2) is 203 Å². The molecule has 0 aromatic heterocycles. The predicted molar refractivity (Wildman–Crippen MR) is 228 cm³/mol. The third-order valence-corrected chi connectivity index (χ3v) is 19.1. The first-order valence-electron chi connectivity index (χ1n) is 24.3. The number of hydrogen-bond donors (Lipinski definition) is 12. The minimum atomic E-state index is -1.87. The lowest BCUT2D eigenvalue weighted by Crippen LogP contribution is -2.71. The Bertz CT molecular complexity index is 1700. The summed E-state index contributed by atoms with van der Waals surface area (Å²) in [6, 6.07) is 0. The van der Waals surface area contributed by atoms with Crippen LogP contribution in [0, 0.1) is 45.3 Å². The zero-order valence-corrected chi connectivity index (χ0v) is 39.7. The van der Waals surface area contributed by atoms with E-state index in [1.165, 1.54) is 0 Å². The fourth-order valence-electron chi connectivity index (χ4n) is 15.3. The minimum absolute atomic E-state index is 0.000363. The molecule has 66 heavy (non-hydrogen) atoms. The van der Waals surface area contributed by atoms with E-state index in [2.05, 4.69) is 27.7 Å². The first kappa shape index (κ1) is 51.6. The van der Waals surface area contributed by atoms with E-state index in [4.69, 9.17) is 33.2 Å². The lowest BCUT2D eigenvalue weighted by Gasteiger charge is -2.72. The van der Waals surface area contributed by atoms with E-state index in [1.807, 2.05) is 13.8 Å². The van der Waals surface area contributed by atoms with Crippen LogP contribution in [0.25, 0.3) is 0 Å². The monoisotopic (exact) mass is 949 g/mol. The van der Waals surface area contributed by atoms with E-state index in [9.17, 15) is 61.3 Å². The molecule has 0 unspecified atom stereocenters. The molecule has 19 nitrogen and oxygen atoms in total. The molecule has 4 aliphatic carbocycles. The molecule has 26 atom stereocenters. The Kier molecular flexibility index (Phi) is 14.1. The van der Waals surface area contributed by atoms with Gasteiger partial charge in [0.1, 0.15) is 67.1 Å². The van der Waals surface area contributed by atoms with Crippen molar-refractivity contribution < 1.29 is 94.4 Å². The van der Waals surface area contributed by atoms with E-state index >= 15 is 0 Å². The summed E-state index contributed by atoms with van der Waals surface area (Å²) in [5.41, 5.74) is -3.68. The number of aliphatic hydroxyl groups is 12. The third kappa shape index (κ3) is 8.16. The van der Waals surface area contributed by atoms with Crippen molar-refractivity contribution in [3.63, 3.8) is 0 Å². The molecular weight excluding hydrogens is 868 g/mol. The van der Waals surface area contributed by atoms with Gasteiger partial charge < -0.3 is 94.4 Å². The highest BCUT2D eigenvalue weighted by Gasteiger charge is 2.74. The van der Waals surface area contributed by atoms with E-state index in [0.29, 0.717) is 32.1 Å². The SMILES string of the molecule is CC(C)(O)[C@@H]1CC[C@@](C)([C@H]2CC[C@]3(C)[C@@H]2[C@H](O)C[C@@H]2[C@@]4(C)CC[C@H](O)C(C)(C)[C@H]4[C@@H](O[C@@H]4O[C@H](CO)[C@@H](O)[C@H](O)[C@H]4O[C@@H]4OC[C@@H](O[C@H]5O[C@H](CO)[C@@H](O)[C@H](O)[C@H]5O)[C@H](O)[C@H]4O)C[C@]23C)O1. The standard InChI is InChI=1S/C47H80O19/c1-42(2)27(51)10-12-44(5)26-15-21(50)29-20(47(8)14-11-28(66-47)43(3,4)59)9-13-45(29,6)46(26,7)16-22(38(42)44)61-41-37(34(56)31(53)24(18-49)63-41)65-39-35(57)32(54)25(19-60-39)64-40-36(58)33(55)30(52)23(17-48)62-40/h20-41,48-59H,9-19H2,1-8H3/t20-,21+,22-,23+,24+,25+,26+,27-,28-,29-,30+,31+,32-,33-,34-,35+,36+,37+,38+,39-,40+,41+,44+,45+,46+,47-/m0/s1. The molecule has 0 bridgehead atoms. The molecule has 0 aromatic carbocycles. The summed E-state index contributed by atoms with van der Waals surface area (Å²) in [5.74, 6) is -0.465. The largest absolute Gasteiger partial charge is 0.394 e. The summed E-state index contributed by atoms with van der Waals surface area (Å²) in [6.45, 7) is 14.7. The number of rotatable bonds is 10. The van der Waals surface area contributed by atoms with Gasteiger partial charge in [-0.15, -0.1) is 0 Å². The van der Waals surface area contributed by atoms with Crippen LogP contribution in [0.5, 0.6) is 0 Å².